The third kappa shape index (κ3) is 3.73. The second kappa shape index (κ2) is 7.15. The lowest BCUT2D eigenvalue weighted by atomic mass is 10.0. The Morgan fingerprint density at radius 2 is 1.75 bits per heavy atom. The van der Waals surface area contributed by atoms with Gasteiger partial charge in [0.05, 0.1) is 13.2 Å². The van der Waals surface area contributed by atoms with Crippen molar-refractivity contribution in [3.8, 4) is 17.0 Å². The third-order valence-corrected chi connectivity index (χ3v) is 3.90. The molecule has 3 aromatic rings. The highest BCUT2D eigenvalue weighted by atomic mass is 16.5. The quantitative estimate of drug-likeness (QED) is 0.758. The monoisotopic (exact) mass is 321 g/mol. The number of methoxy groups -OCH3 is 1. The van der Waals surface area contributed by atoms with Crippen LogP contribution in [0.5, 0.6) is 5.75 Å². The lowest BCUT2D eigenvalue weighted by molar-refractivity contribution is 0.177. The largest absolute Gasteiger partial charge is 0.497 e. The molecular formula is C20H19NO3. The molecule has 1 aromatic heterocycles. The average Bonchev–Trinajstić information content (AvgIpc) is 2.62. The summed E-state index contributed by atoms with van der Waals surface area (Å²) in [7, 11) is 1.60. The van der Waals surface area contributed by atoms with Gasteiger partial charge in [0, 0.05) is 29.9 Å². The summed E-state index contributed by atoms with van der Waals surface area (Å²) in [6.45, 7) is 0. The van der Waals surface area contributed by atoms with E-state index < -0.39 is 6.10 Å². The van der Waals surface area contributed by atoms with Crippen LogP contribution in [0.3, 0.4) is 0 Å². The molecule has 1 atom stereocenters. The first-order valence-corrected chi connectivity index (χ1v) is 7.76. The second-order valence-electron chi connectivity index (χ2n) is 5.61. The summed E-state index contributed by atoms with van der Waals surface area (Å²) in [4.78, 5) is 15.2. The van der Waals surface area contributed by atoms with E-state index in [-0.39, 0.29) is 5.43 Å². The first kappa shape index (κ1) is 16.0. The van der Waals surface area contributed by atoms with Crippen molar-refractivity contribution in [2.45, 2.75) is 12.5 Å². The third-order valence-electron chi connectivity index (χ3n) is 3.90. The van der Waals surface area contributed by atoms with Crippen LogP contribution in [0.25, 0.3) is 11.3 Å². The molecule has 1 heterocycles. The summed E-state index contributed by atoms with van der Waals surface area (Å²) in [5.74, 6) is 0.741. The lowest BCUT2D eigenvalue weighted by Gasteiger charge is -2.13. The number of benzene rings is 2. The molecule has 0 radical (unpaired) electrons. The van der Waals surface area contributed by atoms with E-state index in [2.05, 4.69) is 4.98 Å². The van der Waals surface area contributed by atoms with Crippen LogP contribution < -0.4 is 10.2 Å². The van der Waals surface area contributed by atoms with Crippen LogP contribution in [0.1, 0.15) is 17.4 Å². The van der Waals surface area contributed by atoms with Crippen molar-refractivity contribution in [2.75, 3.05) is 7.11 Å². The lowest BCUT2D eigenvalue weighted by Crippen LogP contribution is -2.09. The van der Waals surface area contributed by atoms with Gasteiger partial charge in [-0.05, 0) is 23.3 Å². The number of aliphatic hydroxyl groups excluding tert-OH is 1. The highest BCUT2D eigenvalue weighted by Gasteiger charge is 2.11. The fraction of sp³-hybridized carbons (Fsp3) is 0.150. The standard InChI is InChI=1S/C20H19NO3/c1-24-18-9-7-15(8-10-18)20(23)12-16-11-17(22)13-19(21-16)14-5-3-2-4-6-14/h2-11,13,20,23H,12H2,1H3,(H,21,22)/t20-/m1/s1. The molecule has 4 heteroatoms. The molecule has 0 unspecified atom stereocenters. The van der Waals surface area contributed by atoms with Crippen molar-refractivity contribution in [3.05, 3.63) is 88.2 Å². The predicted molar refractivity (Wildman–Crippen MR) is 94.2 cm³/mol. The fourth-order valence-corrected chi connectivity index (χ4v) is 2.64. The van der Waals surface area contributed by atoms with E-state index in [0.29, 0.717) is 12.1 Å². The van der Waals surface area contributed by atoms with Gasteiger partial charge in [-0.25, -0.2) is 0 Å². The van der Waals surface area contributed by atoms with E-state index in [1.54, 1.807) is 13.2 Å². The van der Waals surface area contributed by atoms with Gasteiger partial charge in [-0.3, -0.25) is 4.79 Å². The zero-order valence-corrected chi connectivity index (χ0v) is 13.4. The summed E-state index contributed by atoms with van der Waals surface area (Å²) in [6.07, 6.45) is -0.361. The summed E-state index contributed by atoms with van der Waals surface area (Å²) in [5, 5.41) is 10.4. The topological polar surface area (TPSA) is 62.3 Å². The molecule has 2 N–H and O–H groups in total. The summed E-state index contributed by atoms with van der Waals surface area (Å²) in [5.41, 5.74) is 3.09. The maximum Gasteiger partial charge on any atom is 0.182 e. The molecule has 122 valence electrons. The number of ether oxygens (including phenoxy) is 1. The zero-order valence-electron chi connectivity index (χ0n) is 13.4. The second-order valence-corrected chi connectivity index (χ2v) is 5.61. The summed E-state index contributed by atoms with van der Waals surface area (Å²) < 4.78 is 5.12. The Morgan fingerprint density at radius 1 is 1.04 bits per heavy atom. The Balaban J connectivity index is 1.84. The van der Waals surface area contributed by atoms with Gasteiger partial charge in [-0.2, -0.15) is 0 Å². The fourth-order valence-electron chi connectivity index (χ4n) is 2.64. The van der Waals surface area contributed by atoms with Crippen LogP contribution in [-0.4, -0.2) is 17.2 Å². The molecule has 0 bridgehead atoms. The molecule has 3 rings (SSSR count). The minimum atomic E-state index is -0.697. The maximum atomic E-state index is 12.0. The molecule has 0 amide bonds. The first-order valence-electron chi connectivity index (χ1n) is 7.76. The van der Waals surface area contributed by atoms with Crippen molar-refractivity contribution in [1.29, 1.82) is 0 Å². The van der Waals surface area contributed by atoms with Crippen LogP contribution in [0.2, 0.25) is 0 Å². The van der Waals surface area contributed by atoms with Crippen molar-refractivity contribution in [2.24, 2.45) is 0 Å². The van der Waals surface area contributed by atoms with Crippen molar-refractivity contribution in [1.82, 2.24) is 4.98 Å². The van der Waals surface area contributed by atoms with Crippen molar-refractivity contribution >= 4 is 0 Å². The average molecular weight is 321 g/mol. The molecule has 0 aliphatic rings. The van der Waals surface area contributed by atoms with E-state index in [9.17, 15) is 9.90 Å². The van der Waals surface area contributed by atoms with E-state index in [1.165, 1.54) is 6.07 Å². The maximum absolute atomic E-state index is 12.0. The molecule has 0 saturated heterocycles. The van der Waals surface area contributed by atoms with Gasteiger partial charge >= 0.3 is 0 Å². The molecule has 0 aliphatic carbocycles. The molecule has 0 saturated carbocycles. The number of rotatable bonds is 5. The van der Waals surface area contributed by atoms with E-state index >= 15 is 0 Å². The van der Waals surface area contributed by atoms with Crippen LogP contribution in [0, 0.1) is 0 Å². The Hall–Kier alpha value is -2.85. The Kier molecular flexibility index (Phi) is 4.77. The number of aromatic nitrogens is 1. The number of pyridine rings is 1. The highest BCUT2D eigenvalue weighted by molar-refractivity contribution is 5.58. The Morgan fingerprint density at radius 3 is 2.42 bits per heavy atom. The first-order chi connectivity index (χ1) is 11.7. The van der Waals surface area contributed by atoms with Crippen LogP contribution in [-0.2, 0) is 6.42 Å². The zero-order chi connectivity index (χ0) is 16.9. The normalized spacial score (nSPS) is 11.9. The van der Waals surface area contributed by atoms with E-state index in [4.69, 9.17) is 4.74 Å². The molecular weight excluding hydrogens is 302 g/mol. The van der Waals surface area contributed by atoms with Gasteiger partial charge in [0.1, 0.15) is 5.75 Å². The van der Waals surface area contributed by atoms with Gasteiger partial charge < -0.3 is 14.8 Å². The molecule has 0 fully saturated rings. The number of hydrogen-bond acceptors (Lipinski definition) is 3. The molecule has 0 aliphatic heterocycles. The van der Waals surface area contributed by atoms with Gasteiger partial charge in [0.25, 0.3) is 0 Å². The number of aliphatic hydroxyl groups is 1. The van der Waals surface area contributed by atoms with Crippen LogP contribution in [0.15, 0.2) is 71.5 Å². The SMILES string of the molecule is COc1ccc([C@H](O)Cc2cc(=O)cc(-c3ccccc3)[nH]2)cc1. The molecule has 0 spiro atoms. The predicted octanol–water partition coefficient (Wildman–Crippen LogP) is 3.33. The Bertz CT molecular complexity index is 854. The Labute approximate surface area is 140 Å². The number of H-pyrrole nitrogens is 1. The van der Waals surface area contributed by atoms with Crippen LogP contribution >= 0.6 is 0 Å². The molecule has 24 heavy (non-hydrogen) atoms. The minimum absolute atomic E-state index is 0.0791. The summed E-state index contributed by atoms with van der Waals surface area (Å²) >= 11 is 0. The van der Waals surface area contributed by atoms with Gasteiger partial charge in [-0.15, -0.1) is 0 Å². The van der Waals surface area contributed by atoms with Crippen LogP contribution in [0.4, 0.5) is 0 Å². The van der Waals surface area contributed by atoms with Gasteiger partial charge in [0.2, 0.25) is 0 Å². The van der Waals surface area contributed by atoms with Crippen molar-refractivity contribution in [3.63, 3.8) is 0 Å². The molecule has 4 nitrogen and oxygen atoms in total. The van der Waals surface area contributed by atoms with Gasteiger partial charge in [0.15, 0.2) is 5.43 Å². The van der Waals surface area contributed by atoms with E-state index in [1.807, 2.05) is 54.6 Å². The molecule has 2 aromatic carbocycles. The van der Waals surface area contributed by atoms with Crippen molar-refractivity contribution < 1.29 is 9.84 Å². The number of nitrogens with one attached hydrogen (secondary N) is 1. The number of aromatic amines is 1. The minimum Gasteiger partial charge on any atom is -0.497 e. The number of hydrogen-bond donors (Lipinski definition) is 2. The van der Waals surface area contributed by atoms with Gasteiger partial charge in [-0.1, -0.05) is 42.5 Å². The smallest absolute Gasteiger partial charge is 0.182 e. The summed E-state index contributed by atoms with van der Waals surface area (Å²) in [6, 6.07) is 20.0. The highest BCUT2D eigenvalue weighted by Crippen LogP contribution is 2.21. The van der Waals surface area contributed by atoms with E-state index in [0.717, 1.165) is 22.6 Å².